The Kier molecular flexibility index (Phi) is 3.76. The Labute approximate surface area is 113 Å². The Morgan fingerprint density at radius 1 is 1.50 bits per heavy atom. The third-order valence-electron chi connectivity index (χ3n) is 2.62. The Morgan fingerprint density at radius 3 is 2.89 bits per heavy atom. The van der Waals surface area contributed by atoms with Crippen molar-refractivity contribution in [3.05, 3.63) is 46.0 Å². The van der Waals surface area contributed by atoms with Crippen LogP contribution < -0.4 is 5.32 Å². The number of carbonyl (C=O) groups is 1. The number of hydrogen-bond donors (Lipinski definition) is 2. The summed E-state index contributed by atoms with van der Waals surface area (Å²) in [6.07, 6.45) is 1.42. The van der Waals surface area contributed by atoms with Crippen LogP contribution >= 0.6 is 15.9 Å². The van der Waals surface area contributed by atoms with Crippen molar-refractivity contribution in [2.24, 2.45) is 0 Å². The van der Waals surface area contributed by atoms with Crippen molar-refractivity contribution < 1.29 is 4.79 Å². The van der Waals surface area contributed by atoms with Gasteiger partial charge in [-0.25, -0.2) is 4.98 Å². The molecule has 0 aliphatic rings. The van der Waals surface area contributed by atoms with E-state index in [0.717, 1.165) is 10.0 Å². The molecular weight excluding hydrogens is 296 g/mol. The molecule has 1 aromatic heterocycles. The fourth-order valence-corrected chi connectivity index (χ4v) is 2.12. The van der Waals surface area contributed by atoms with Crippen LogP contribution in [0.5, 0.6) is 0 Å². The van der Waals surface area contributed by atoms with Crippen LogP contribution in [0, 0.1) is 6.92 Å². The summed E-state index contributed by atoms with van der Waals surface area (Å²) in [4.78, 5) is 16.1. The molecular formula is C12H13BrN4O. The molecule has 0 bridgehead atoms. The lowest BCUT2D eigenvalue weighted by Crippen LogP contribution is -2.28. The van der Waals surface area contributed by atoms with Gasteiger partial charge in [0.25, 0.3) is 5.91 Å². The van der Waals surface area contributed by atoms with E-state index in [1.807, 2.05) is 26.0 Å². The van der Waals surface area contributed by atoms with E-state index in [0.29, 0.717) is 11.4 Å². The first kappa shape index (κ1) is 12.8. The molecule has 5 nitrogen and oxygen atoms in total. The van der Waals surface area contributed by atoms with Gasteiger partial charge in [0.05, 0.1) is 6.04 Å². The summed E-state index contributed by atoms with van der Waals surface area (Å²) in [5.41, 5.74) is 1.58. The summed E-state index contributed by atoms with van der Waals surface area (Å²) in [7, 11) is 0. The minimum absolute atomic E-state index is 0.121. The first-order valence-electron chi connectivity index (χ1n) is 5.50. The number of aromatic nitrogens is 3. The topological polar surface area (TPSA) is 70.7 Å². The fourth-order valence-electron chi connectivity index (χ4n) is 1.65. The molecule has 18 heavy (non-hydrogen) atoms. The highest BCUT2D eigenvalue weighted by Crippen LogP contribution is 2.16. The van der Waals surface area contributed by atoms with E-state index in [-0.39, 0.29) is 11.9 Å². The molecule has 0 spiro atoms. The molecule has 1 aromatic carbocycles. The molecule has 94 valence electrons. The summed E-state index contributed by atoms with van der Waals surface area (Å²) in [5, 5.41) is 9.36. The zero-order valence-electron chi connectivity index (χ0n) is 10.1. The van der Waals surface area contributed by atoms with Crippen molar-refractivity contribution in [3.63, 3.8) is 0 Å². The van der Waals surface area contributed by atoms with Gasteiger partial charge in [-0.1, -0.05) is 15.9 Å². The van der Waals surface area contributed by atoms with Gasteiger partial charge in [-0.3, -0.25) is 9.89 Å². The van der Waals surface area contributed by atoms with E-state index in [9.17, 15) is 4.79 Å². The normalized spacial score (nSPS) is 12.2. The Morgan fingerprint density at radius 2 is 2.28 bits per heavy atom. The number of nitrogens with one attached hydrogen (secondary N) is 2. The highest BCUT2D eigenvalue weighted by Gasteiger charge is 2.14. The van der Waals surface area contributed by atoms with E-state index < -0.39 is 0 Å². The van der Waals surface area contributed by atoms with Crippen LogP contribution in [0.4, 0.5) is 0 Å². The molecule has 2 rings (SSSR count). The SMILES string of the molecule is Cc1cc(Br)ccc1C(=O)NC(C)c1ncn[nH]1. The zero-order chi connectivity index (χ0) is 13.1. The maximum absolute atomic E-state index is 12.1. The number of hydrogen-bond acceptors (Lipinski definition) is 3. The average molecular weight is 309 g/mol. The molecule has 1 atom stereocenters. The van der Waals surface area contributed by atoms with Gasteiger partial charge in [-0.05, 0) is 37.6 Å². The minimum Gasteiger partial charge on any atom is -0.342 e. The smallest absolute Gasteiger partial charge is 0.252 e. The number of H-pyrrole nitrogens is 1. The number of amides is 1. The second-order valence-electron chi connectivity index (χ2n) is 4.03. The lowest BCUT2D eigenvalue weighted by molar-refractivity contribution is 0.0937. The average Bonchev–Trinajstić information content (AvgIpc) is 2.81. The molecule has 0 fully saturated rings. The molecule has 1 amide bonds. The van der Waals surface area contributed by atoms with Crippen LogP contribution in [0.2, 0.25) is 0 Å². The van der Waals surface area contributed by atoms with Gasteiger partial charge >= 0.3 is 0 Å². The van der Waals surface area contributed by atoms with E-state index >= 15 is 0 Å². The second-order valence-corrected chi connectivity index (χ2v) is 4.94. The first-order valence-corrected chi connectivity index (χ1v) is 6.29. The van der Waals surface area contributed by atoms with Gasteiger partial charge in [-0.15, -0.1) is 0 Å². The predicted molar refractivity (Wildman–Crippen MR) is 71.1 cm³/mol. The van der Waals surface area contributed by atoms with Crippen LogP contribution in [0.3, 0.4) is 0 Å². The van der Waals surface area contributed by atoms with Gasteiger partial charge in [0.2, 0.25) is 0 Å². The quantitative estimate of drug-likeness (QED) is 0.914. The van der Waals surface area contributed by atoms with Crippen molar-refractivity contribution in [2.75, 3.05) is 0 Å². The zero-order valence-corrected chi connectivity index (χ0v) is 11.7. The summed E-state index contributed by atoms with van der Waals surface area (Å²) in [5.74, 6) is 0.516. The molecule has 0 saturated carbocycles. The first-order chi connectivity index (χ1) is 8.58. The Bertz CT molecular complexity index is 553. The third-order valence-corrected chi connectivity index (χ3v) is 3.12. The third kappa shape index (κ3) is 2.76. The van der Waals surface area contributed by atoms with Crippen molar-refractivity contribution in [1.29, 1.82) is 0 Å². The molecule has 6 heteroatoms. The van der Waals surface area contributed by atoms with Crippen LogP contribution in [-0.2, 0) is 0 Å². The van der Waals surface area contributed by atoms with Crippen LogP contribution in [0.1, 0.15) is 34.7 Å². The molecule has 1 heterocycles. The van der Waals surface area contributed by atoms with Crippen LogP contribution in [0.15, 0.2) is 29.0 Å². The van der Waals surface area contributed by atoms with E-state index in [1.165, 1.54) is 6.33 Å². The van der Waals surface area contributed by atoms with Crippen molar-refractivity contribution in [3.8, 4) is 0 Å². The predicted octanol–water partition coefficient (Wildman–Crippen LogP) is 2.37. The Hall–Kier alpha value is -1.69. The molecule has 2 N–H and O–H groups in total. The number of benzene rings is 1. The van der Waals surface area contributed by atoms with Crippen molar-refractivity contribution >= 4 is 21.8 Å². The lowest BCUT2D eigenvalue weighted by atomic mass is 10.1. The van der Waals surface area contributed by atoms with Gasteiger partial charge in [0.15, 0.2) is 0 Å². The van der Waals surface area contributed by atoms with E-state index in [2.05, 4.69) is 36.4 Å². The number of rotatable bonds is 3. The molecule has 0 radical (unpaired) electrons. The number of aryl methyl sites for hydroxylation is 1. The monoisotopic (exact) mass is 308 g/mol. The summed E-state index contributed by atoms with van der Waals surface area (Å²) >= 11 is 3.37. The van der Waals surface area contributed by atoms with Crippen molar-refractivity contribution in [2.45, 2.75) is 19.9 Å². The second kappa shape index (κ2) is 5.30. The number of aromatic amines is 1. The van der Waals surface area contributed by atoms with E-state index in [1.54, 1.807) is 6.07 Å². The number of carbonyl (C=O) groups excluding carboxylic acids is 1. The lowest BCUT2D eigenvalue weighted by Gasteiger charge is -2.12. The van der Waals surface area contributed by atoms with Crippen LogP contribution in [-0.4, -0.2) is 21.1 Å². The molecule has 0 saturated heterocycles. The maximum Gasteiger partial charge on any atom is 0.252 e. The van der Waals surface area contributed by atoms with Gasteiger partial charge in [0, 0.05) is 10.0 Å². The minimum atomic E-state index is -0.206. The Balaban J connectivity index is 2.12. The standard InChI is InChI=1S/C12H13BrN4O/c1-7-5-9(13)3-4-10(7)12(18)16-8(2)11-14-6-15-17-11/h3-6,8H,1-2H3,(H,16,18)(H,14,15,17). The number of nitrogens with zero attached hydrogens (tertiary/aromatic N) is 2. The molecule has 1 unspecified atom stereocenters. The molecule has 0 aliphatic carbocycles. The van der Waals surface area contributed by atoms with Crippen molar-refractivity contribution in [1.82, 2.24) is 20.5 Å². The van der Waals surface area contributed by atoms with Crippen LogP contribution in [0.25, 0.3) is 0 Å². The maximum atomic E-state index is 12.1. The number of halogens is 1. The van der Waals surface area contributed by atoms with Gasteiger partial charge < -0.3 is 5.32 Å². The fraction of sp³-hybridized carbons (Fsp3) is 0.250. The summed E-state index contributed by atoms with van der Waals surface area (Å²) in [6.45, 7) is 3.76. The van der Waals surface area contributed by atoms with Gasteiger partial charge in [-0.2, -0.15) is 5.10 Å². The highest BCUT2D eigenvalue weighted by atomic mass is 79.9. The van der Waals surface area contributed by atoms with E-state index in [4.69, 9.17) is 0 Å². The molecule has 0 aliphatic heterocycles. The summed E-state index contributed by atoms with van der Waals surface area (Å²) in [6, 6.07) is 5.35. The van der Waals surface area contributed by atoms with Gasteiger partial charge in [0.1, 0.15) is 12.2 Å². The largest absolute Gasteiger partial charge is 0.342 e. The molecule has 2 aromatic rings. The highest BCUT2D eigenvalue weighted by molar-refractivity contribution is 9.10. The summed E-state index contributed by atoms with van der Waals surface area (Å²) < 4.78 is 0.958.